The molecule has 0 saturated heterocycles. The van der Waals surface area contributed by atoms with Crippen LogP contribution in [0.4, 0.5) is 0 Å². The Labute approximate surface area is 144 Å². The van der Waals surface area contributed by atoms with Crippen LogP contribution in [0.2, 0.25) is 0 Å². The fourth-order valence-corrected chi connectivity index (χ4v) is 0. The summed E-state index contributed by atoms with van der Waals surface area (Å²) >= 11 is 1.92. The topological polar surface area (TPSA) is 53.1 Å². The first kappa shape index (κ1) is 17.2. The number of nitrogens with two attached hydrogens (primary N) is 1. The molecule has 44 valence electrons. The molecule has 0 aliphatic heterocycles. The molecule has 0 unspecified atom stereocenters. The van der Waals surface area contributed by atoms with Crippen molar-refractivity contribution in [3.63, 3.8) is 0 Å². The molecule has 0 rings (SSSR count). The van der Waals surface area contributed by atoms with E-state index in [1.54, 1.807) is 7.05 Å². The summed E-state index contributed by atoms with van der Waals surface area (Å²) in [6, 6.07) is 0. The van der Waals surface area contributed by atoms with E-state index < -0.39 is 0 Å². The van der Waals surface area contributed by atoms with E-state index in [1.165, 1.54) is 3.11 Å². The zero-order valence-corrected chi connectivity index (χ0v) is 19.0. The third kappa shape index (κ3) is 11.7. The average Bonchev–Trinajstić information content (AvgIpc) is 1.36. The Kier molecular flexibility index (Phi) is 21.4. The summed E-state index contributed by atoms with van der Waals surface area (Å²) in [6.07, 6.45) is 0. The molecule has 0 aliphatic rings. The van der Waals surface area contributed by atoms with Crippen LogP contribution in [0.15, 0.2) is 0 Å². The van der Waals surface area contributed by atoms with Crippen molar-refractivity contribution in [1.29, 1.82) is 5.41 Å². The summed E-state index contributed by atoms with van der Waals surface area (Å²) in [7, 11) is 1.71. The standard InChI is InChI=1S/C2H6IN3.Cs.Pb.3H/c1-6(3)2(4)5;;;;;/h1H3,(H3,4,5);;;;;/q;+1;;;;-1. The first-order valence-corrected chi connectivity index (χ1v) is 2.34. The van der Waals surface area contributed by atoms with Crippen LogP contribution in [0, 0.1) is 5.41 Å². The van der Waals surface area contributed by atoms with Gasteiger partial charge in [0.05, 0.1) is 22.9 Å². The molecular formula is C2H9CsIN3Pb. The molecule has 0 aromatic rings. The molecule has 0 fully saturated rings. The second-order valence-electron chi connectivity index (χ2n) is 0.862. The maximum atomic E-state index is 6.65. The van der Waals surface area contributed by atoms with E-state index in [0.29, 0.717) is 0 Å². The number of hydrogen-bond acceptors (Lipinski definition) is 1. The normalized spacial score (nSPS) is 5.75. The molecule has 0 aromatic heterocycles. The van der Waals surface area contributed by atoms with Crippen molar-refractivity contribution in [3.05, 3.63) is 0 Å². The van der Waals surface area contributed by atoms with Crippen LogP contribution in [0.5, 0.6) is 0 Å². The number of rotatable bonds is 0. The fourth-order valence-electron chi connectivity index (χ4n) is 0. The number of hydrogen-bond donors (Lipinski definition) is 2. The van der Waals surface area contributed by atoms with E-state index in [0.717, 1.165) is 0 Å². The molecule has 0 amide bonds. The molecule has 0 saturated carbocycles. The molecule has 2 radical (unpaired) electrons. The summed E-state index contributed by atoms with van der Waals surface area (Å²) in [5, 5.41) is 6.65. The molecule has 0 atom stereocenters. The fraction of sp³-hybridized carbons (Fsp3) is 0.500. The summed E-state index contributed by atoms with van der Waals surface area (Å²) in [6.45, 7) is 0. The molecule has 8 heavy (non-hydrogen) atoms. The molecule has 3 N–H and O–H groups in total. The molecule has 0 bridgehead atoms. The third-order valence-corrected chi connectivity index (χ3v) is 0.852. The Morgan fingerprint density at radius 2 is 2.00 bits per heavy atom. The molecule has 6 heteroatoms. The van der Waals surface area contributed by atoms with Gasteiger partial charge in [0, 0.05) is 7.05 Å². The zero-order chi connectivity index (χ0) is 5.15. The number of nitrogens with zero attached hydrogens (tertiary/aromatic N) is 1. The van der Waals surface area contributed by atoms with E-state index in [-0.39, 0.29) is 104 Å². The minimum atomic E-state index is 0. The molecule has 0 heterocycles. The first-order chi connectivity index (χ1) is 2.64. The van der Waals surface area contributed by atoms with Crippen molar-refractivity contribution in [2.24, 2.45) is 5.73 Å². The van der Waals surface area contributed by atoms with Gasteiger partial charge in [-0.05, 0) is 0 Å². The van der Waals surface area contributed by atoms with Gasteiger partial charge in [-0.15, -0.1) is 0 Å². The van der Waals surface area contributed by atoms with Crippen molar-refractivity contribution < 1.29 is 70.3 Å². The van der Waals surface area contributed by atoms with Crippen LogP contribution < -0.4 is 74.6 Å². The number of halogens is 1. The van der Waals surface area contributed by atoms with Crippen LogP contribution >= 0.6 is 22.9 Å². The van der Waals surface area contributed by atoms with Crippen molar-refractivity contribution in [1.82, 2.24) is 3.11 Å². The van der Waals surface area contributed by atoms with Gasteiger partial charge >= 0.3 is 96.2 Å². The van der Waals surface area contributed by atoms with Gasteiger partial charge in [-0.3, -0.25) is 8.52 Å². The van der Waals surface area contributed by atoms with Gasteiger partial charge in [0.15, 0.2) is 5.96 Å². The number of guanidine groups is 1. The third-order valence-electron chi connectivity index (χ3n) is 0.332. The predicted octanol–water partition coefficient (Wildman–Crippen LogP) is -3.64. The summed E-state index contributed by atoms with van der Waals surface area (Å²) in [5.74, 6) is 0.0793. The second-order valence-corrected chi connectivity index (χ2v) is 2.31. The summed E-state index contributed by atoms with van der Waals surface area (Å²) < 4.78 is 1.50. The van der Waals surface area contributed by atoms with Crippen LogP contribution in [0.3, 0.4) is 0 Å². The van der Waals surface area contributed by atoms with Crippen LogP contribution in [-0.2, 0) is 0 Å². The monoisotopic (exact) mass is 543 g/mol. The molecule has 3 nitrogen and oxygen atoms in total. The number of nitrogens with one attached hydrogen (secondary N) is 1. The van der Waals surface area contributed by atoms with E-state index in [1.807, 2.05) is 22.9 Å². The van der Waals surface area contributed by atoms with Crippen molar-refractivity contribution in [3.8, 4) is 0 Å². The van der Waals surface area contributed by atoms with Gasteiger partial charge < -0.3 is 7.16 Å². The van der Waals surface area contributed by atoms with Gasteiger partial charge in [-0.25, -0.2) is 0 Å². The van der Waals surface area contributed by atoms with Crippen molar-refractivity contribution in [2.75, 3.05) is 7.05 Å². The second kappa shape index (κ2) is 9.97. The summed E-state index contributed by atoms with van der Waals surface area (Å²) in [5.41, 5.74) is 4.94. The molecule has 0 spiro atoms. The predicted molar refractivity (Wildman–Crippen MR) is 43.4 cm³/mol. The van der Waals surface area contributed by atoms with Gasteiger partial charge in [0.1, 0.15) is 0 Å². The Morgan fingerprint density at radius 1 is 1.88 bits per heavy atom. The summed E-state index contributed by atoms with van der Waals surface area (Å²) in [4.78, 5) is 0. The van der Waals surface area contributed by atoms with Gasteiger partial charge in [0.2, 0.25) is 0 Å². The SMILES string of the molecule is CN(I)C(=N)N.[Cs+].[H-].[PbH2]. The van der Waals surface area contributed by atoms with Crippen molar-refractivity contribution in [2.45, 2.75) is 0 Å². The quantitative estimate of drug-likeness (QED) is 0.109. The van der Waals surface area contributed by atoms with Crippen LogP contribution in [0.25, 0.3) is 0 Å². The molecular weight excluding hydrogens is 533 g/mol. The van der Waals surface area contributed by atoms with Gasteiger partial charge in [-0.1, -0.05) is 0 Å². The Bertz CT molecular complexity index is 72.8. The Balaban J connectivity index is -0.0000000417. The van der Waals surface area contributed by atoms with E-state index in [2.05, 4.69) is 0 Å². The minimum absolute atomic E-state index is 0. The van der Waals surface area contributed by atoms with E-state index >= 15 is 0 Å². The Morgan fingerprint density at radius 3 is 2.00 bits per heavy atom. The van der Waals surface area contributed by atoms with Gasteiger partial charge in [-0.2, -0.15) is 0 Å². The Hall–Kier alpha value is 2.97. The maximum absolute atomic E-state index is 6.65. The molecule has 0 aromatic carbocycles. The van der Waals surface area contributed by atoms with Crippen molar-refractivity contribution >= 4 is 56.1 Å². The first-order valence-electron chi connectivity index (χ1n) is 1.38. The zero-order valence-electron chi connectivity index (χ0n) is 6.11. The van der Waals surface area contributed by atoms with Gasteiger partial charge in [0.25, 0.3) is 0 Å². The van der Waals surface area contributed by atoms with Crippen LogP contribution in [0.1, 0.15) is 1.43 Å². The van der Waals surface area contributed by atoms with Crippen LogP contribution in [-0.4, -0.2) is 43.4 Å². The van der Waals surface area contributed by atoms with E-state index in [4.69, 9.17) is 11.1 Å². The molecule has 0 aliphatic carbocycles. The van der Waals surface area contributed by atoms with E-state index in [9.17, 15) is 0 Å². The average molecular weight is 542 g/mol.